The third-order valence-corrected chi connectivity index (χ3v) is 4.61. The summed E-state index contributed by atoms with van der Waals surface area (Å²) in [6.45, 7) is 9.37. The molecule has 0 aromatic rings. The summed E-state index contributed by atoms with van der Waals surface area (Å²) in [5.41, 5.74) is -0.419. The van der Waals surface area contributed by atoms with Gasteiger partial charge >= 0.3 is 5.97 Å². The van der Waals surface area contributed by atoms with Crippen LogP contribution >= 0.6 is 24.0 Å². The normalized spacial score (nSPS) is 25.5. The van der Waals surface area contributed by atoms with E-state index in [4.69, 9.17) is 4.74 Å². The molecule has 2 unspecified atom stereocenters. The van der Waals surface area contributed by atoms with E-state index < -0.39 is 5.60 Å². The summed E-state index contributed by atoms with van der Waals surface area (Å²) >= 11 is 0. The van der Waals surface area contributed by atoms with Crippen molar-refractivity contribution in [3.63, 3.8) is 0 Å². The molecule has 0 saturated carbocycles. The summed E-state index contributed by atoms with van der Waals surface area (Å²) in [4.78, 5) is 21.2. The number of ether oxygens (including phenoxy) is 1. The lowest BCUT2D eigenvalue weighted by Gasteiger charge is -2.26. The van der Waals surface area contributed by atoms with Crippen molar-refractivity contribution < 1.29 is 9.53 Å². The molecule has 140 valence electrons. The van der Waals surface area contributed by atoms with Crippen molar-refractivity contribution in [2.24, 2.45) is 10.9 Å². The molecular weight excluding hydrogens is 419 g/mol. The highest BCUT2D eigenvalue weighted by Crippen LogP contribution is 2.21. The third kappa shape index (κ3) is 6.06. The molecule has 0 aromatic heterocycles. The van der Waals surface area contributed by atoms with Gasteiger partial charge in [-0.1, -0.05) is 0 Å². The van der Waals surface area contributed by atoms with E-state index in [1.807, 2.05) is 27.8 Å². The Morgan fingerprint density at radius 1 is 1.29 bits per heavy atom. The van der Waals surface area contributed by atoms with Crippen LogP contribution < -0.4 is 5.32 Å². The van der Waals surface area contributed by atoms with Crippen molar-refractivity contribution in [2.45, 2.75) is 51.7 Å². The van der Waals surface area contributed by atoms with Gasteiger partial charge in [-0.2, -0.15) is 0 Å². The van der Waals surface area contributed by atoms with Gasteiger partial charge in [-0.3, -0.25) is 9.79 Å². The average molecular weight is 452 g/mol. The monoisotopic (exact) mass is 452 g/mol. The molecule has 2 aliphatic heterocycles. The molecule has 0 amide bonds. The quantitative estimate of drug-likeness (QED) is 0.307. The first kappa shape index (κ1) is 21.5. The molecule has 2 atom stereocenters. The number of hydrogen-bond acceptors (Lipinski definition) is 4. The average Bonchev–Trinajstić information content (AvgIpc) is 3.08. The number of carbonyl (C=O) groups is 1. The first-order valence-electron chi connectivity index (χ1n) is 8.69. The zero-order valence-electron chi connectivity index (χ0n) is 15.7. The number of hydrogen-bond donors (Lipinski definition) is 1. The maximum atomic E-state index is 12.2. The topological polar surface area (TPSA) is 57.2 Å². The fraction of sp³-hybridized carbons (Fsp3) is 0.882. The van der Waals surface area contributed by atoms with Gasteiger partial charge in [0.2, 0.25) is 0 Å². The highest BCUT2D eigenvalue weighted by Gasteiger charge is 2.33. The van der Waals surface area contributed by atoms with E-state index in [1.54, 1.807) is 0 Å². The number of esters is 1. The molecule has 0 aliphatic carbocycles. The maximum absolute atomic E-state index is 12.2. The van der Waals surface area contributed by atoms with Gasteiger partial charge < -0.3 is 19.9 Å². The number of carbonyl (C=O) groups excluding carboxylic acids is 1. The molecule has 2 fully saturated rings. The summed E-state index contributed by atoms with van der Waals surface area (Å²) in [7, 11) is 3.98. The van der Waals surface area contributed by atoms with Gasteiger partial charge in [-0.05, 0) is 53.6 Å². The molecule has 0 bridgehead atoms. The van der Waals surface area contributed by atoms with E-state index in [0.717, 1.165) is 25.5 Å². The molecule has 0 aromatic carbocycles. The predicted octanol–water partition coefficient (Wildman–Crippen LogP) is 1.94. The smallest absolute Gasteiger partial charge is 0.311 e. The summed E-state index contributed by atoms with van der Waals surface area (Å²) in [6, 6.07) is 0.580. The van der Waals surface area contributed by atoms with Crippen LogP contribution in [0.4, 0.5) is 0 Å². The summed E-state index contributed by atoms with van der Waals surface area (Å²) < 4.78 is 5.51. The number of guanidine groups is 1. The second-order valence-corrected chi connectivity index (χ2v) is 7.67. The maximum Gasteiger partial charge on any atom is 0.311 e. The molecule has 7 heteroatoms. The Kier molecular flexibility index (Phi) is 8.25. The molecule has 2 saturated heterocycles. The lowest BCUT2D eigenvalue weighted by Crippen LogP contribution is -2.45. The lowest BCUT2D eigenvalue weighted by molar-refractivity contribution is -0.159. The van der Waals surface area contributed by atoms with Gasteiger partial charge in [0.05, 0.1) is 5.92 Å². The van der Waals surface area contributed by atoms with E-state index in [1.165, 1.54) is 19.4 Å². The number of halogens is 1. The molecule has 2 heterocycles. The standard InChI is InChI=1S/C17H32N4O2.HI/c1-17(2,3)23-15(22)13-8-10-21(12-13)16(18-4)19-11-14-7-6-9-20(14)5;/h13-14H,6-12H2,1-5H3,(H,18,19);1H. The van der Waals surface area contributed by atoms with E-state index >= 15 is 0 Å². The predicted molar refractivity (Wildman–Crippen MR) is 108 cm³/mol. The Morgan fingerprint density at radius 3 is 2.54 bits per heavy atom. The van der Waals surface area contributed by atoms with Crippen LogP contribution in [-0.2, 0) is 9.53 Å². The van der Waals surface area contributed by atoms with Crippen LogP contribution in [0.15, 0.2) is 4.99 Å². The van der Waals surface area contributed by atoms with Crippen LogP contribution in [0.3, 0.4) is 0 Å². The third-order valence-electron chi connectivity index (χ3n) is 4.61. The Bertz CT molecular complexity index is 450. The van der Waals surface area contributed by atoms with Crippen molar-refractivity contribution in [1.82, 2.24) is 15.1 Å². The summed E-state index contributed by atoms with van der Waals surface area (Å²) in [5.74, 6) is 0.754. The van der Waals surface area contributed by atoms with Gasteiger partial charge in [-0.25, -0.2) is 0 Å². The first-order valence-corrected chi connectivity index (χ1v) is 8.69. The Balaban J connectivity index is 0.00000288. The van der Waals surface area contributed by atoms with Gasteiger partial charge in [0.1, 0.15) is 5.60 Å². The first-order chi connectivity index (χ1) is 10.8. The lowest BCUT2D eigenvalue weighted by atomic mass is 10.1. The summed E-state index contributed by atoms with van der Waals surface area (Å²) in [5, 5.41) is 3.47. The molecule has 6 nitrogen and oxygen atoms in total. The molecule has 2 aliphatic rings. The van der Waals surface area contributed by atoms with Crippen LogP contribution in [0.1, 0.15) is 40.0 Å². The van der Waals surface area contributed by atoms with Crippen LogP contribution in [0.5, 0.6) is 0 Å². The minimum Gasteiger partial charge on any atom is -0.460 e. The number of likely N-dealkylation sites (tertiary alicyclic amines) is 2. The second-order valence-electron chi connectivity index (χ2n) is 7.67. The molecule has 0 radical (unpaired) electrons. The zero-order chi connectivity index (χ0) is 17.0. The van der Waals surface area contributed by atoms with E-state index in [2.05, 4.69) is 27.2 Å². The highest BCUT2D eigenvalue weighted by atomic mass is 127. The minimum absolute atomic E-state index is 0. The van der Waals surface area contributed by atoms with Gasteiger partial charge in [0.15, 0.2) is 5.96 Å². The van der Waals surface area contributed by atoms with Crippen molar-refractivity contribution in [1.29, 1.82) is 0 Å². The fourth-order valence-electron chi connectivity index (χ4n) is 3.31. The van der Waals surface area contributed by atoms with E-state index in [9.17, 15) is 4.79 Å². The molecule has 24 heavy (non-hydrogen) atoms. The molecule has 2 rings (SSSR count). The minimum atomic E-state index is -0.419. The van der Waals surface area contributed by atoms with Crippen LogP contribution in [-0.4, -0.2) is 73.6 Å². The molecular formula is C17H33IN4O2. The molecule has 1 N–H and O–H groups in total. The van der Waals surface area contributed by atoms with Gasteiger partial charge in [-0.15, -0.1) is 24.0 Å². The van der Waals surface area contributed by atoms with Gasteiger partial charge in [0.25, 0.3) is 0 Å². The van der Waals surface area contributed by atoms with Crippen molar-refractivity contribution in [3.8, 4) is 0 Å². The van der Waals surface area contributed by atoms with Crippen molar-refractivity contribution in [2.75, 3.05) is 40.3 Å². The number of nitrogens with zero attached hydrogens (tertiary/aromatic N) is 3. The van der Waals surface area contributed by atoms with Crippen LogP contribution in [0.2, 0.25) is 0 Å². The Morgan fingerprint density at radius 2 is 2.00 bits per heavy atom. The highest BCUT2D eigenvalue weighted by molar-refractivity contribution is 14.0. The Labute approximate surface area is 163 Å². The number of nitrogens with one attached hydrogen (secondary N) is 1. The van der Waals surface area contributed by atoms with Crippen molar-refractivity contribution in [3.05, 3.63) is 0 Å². The zero-order valence-corrected chi connectivity index (χ0v) is 18.0. The molecule has 0 spiro atoms. The van der Waals surface area contributed by atoms with Crippen molar-refractivity contribution >= 4 is 35.9 Å². The second kappa shape index (κ2) is 9.22. The largest absolute Gasteiger partial charge is 0.460 e. The van der Waals surface area contributed by atoms with Crippen LogP contribution in [0, 0.1) is 5.92 Å². The number of rotatable bonds is 3. The van der Waals surface area contributed by atoms with Crippen LogP contribution in [0.25, 0.3) is 0 Å². The Hall–Kier alpha value is -0.570. The number of likely N-dealkylation sites (N-methyl/N-ethyl adjacent to an activating group) is 1. The SMILES string of the molecule is CN=C(NCC1CCCN1C)N1CCC(C(=O)OC(C)(C)C)C1.I. The van der Waals surface area contributed by atoms with Gasteiger partial charge in [0, 0.05) is 32.7 Å². The number of aliphatic imine (C=N–C) groups is 1. The van der Waals surface area contributed by atoms with E-state index in [-0.39, 0.29) is 35.9 Å². The fourth-order valence-corrected chi connectivity index (χ4v) is 3.31. The summed E-state index contributed by atoms with van der Waals surface area (Å²) in [6.07, 6.45) is 3.34. The van der Waals surface area contributed by atoms with E-state index in [0.29, 0.717) is 12.6 Å².